The molecule has 1 atom stereocenters. The highest BCUT2D eigenvalue weighted by Crippen LogP contribution is 2.16. The molecule has 0 spiro atoms. The summed E-state index contributed by atoms with van der Waals surface area (Å²) in [6, 6.07) is 4.69. The van der Waals surface area contributed by atoms with E-state index in [1.165, 1.54) is 6.07 Å². The fraction of sp³-hybridized carbons (Fsp3) is 0.222. The maximum atomic E-state index is 12.7. The van der Waals surface area contributed by atoms with E-state index >= 15 is 0 Å². The Bertz CT molecular complexity index is 344. The summed E-state index contributed by atoms with van der Waals surface area (Å²) in [4.78, 5) is 0. The molecule has 0 amide bonds. The van der Waals surface area contributed by atoms with Crippen LogP contribution in [0.2, 0.25) is 0 Å². The number of nitrogens with two attached hydrogens (primary N) is 1. The van der Waals surface area contributed by atoms with E-state index < -0.39 is 17.7 Å². The van der Waals surface area contributed by atoms with Crippen LogP contribution in [0.25, 0.3) is 0 Å². The molecule has 0 aliphatic heterocycles. The summed E-state index contributed by atoms with van der Waals surface area (Å²) in [5, 5.41) is 8.32. The first-order chi connectivity index (χ1) is 6.15. The molecule has 0 saturated heterocycles. The standard InChI is InChI=1S/C9H8F2N2/c10-7-2-1-6(5-8(7)11)9(13)3-4-12/h1-2,5,9H,3,13H2/t9-/m1/s1. The Morgan fingerprint density at radius 2 is 2.08 bits per heavy atom. The summed E-state index contributed by atoms with van der Waals surface area (Å²) in [6.07, 6.45) is 0.0884. The molecule has 1 aromatic rings. The lowest BCUT2D eigenvalue weighted by molar-refractivity contribution is 0.505. The third-order valence-electron chi connectivity index (χ3n) is 1.68. The SMILES string of the molecule is N#CC[C@@H](N)c1ccc(F)c(F)c1. The second kappa shape index (κ2) is 3.97. The lowest BCUT2D eigenvalue weighted by Gasteiger charge is -2.07. The minimum Gasteiger partial charge on any atom is -0.323 e. The van der Waals surface area contributed by atoms with Crippen LogP contribution in [-0.2, 0) is 0 Å². The Balaban J connectivity index is 2.91. The molecule has 1 aromatic carbocycles. The first kappa shape index (κ1) is 9.62. The highest BCUT2D eigenvalue weighted by Gasteiger charge is 2.08. The summed E-state index contributed by atoms with van der Waals surface area (Å²) in [5.74, 6) is -1.85. The molecule has 13 heavy (non-hydrogen) atoms. The number of benzene rings is 1. The maximum absolute atomic E-state index is 12.7. The van der Waals surface area contributed by atoms with E-state index in [-0.39, 0.29) is 6.42 Å². The van der Waals surface area contributed by atoms with Crippen LogP contribution in [0.15, 0.2) is 18.2 Å². The van der Waals surface area contributed by atoms with Gasteiger partial charge in [-0.3, -0.25) is 0 Å². The van der Waals surface area contributed by atoms with Crippen molar-refractivity contribution in [1.82, 2.24) is 0 Å². The van der Waals surface area contributed by atoms with E-state index in [0.717, 1.165) is 12.1 Å². The van der Waals surface area contributed by atoms with Crippen LogP contribution in [0.4, 0.5) is 8.78 Å². The van der Waals surface area contributed by atoms with Gasteiger partial charge in [0.2, 0.25) is 0 Å². The van der Waals surface area contributed by atoms with Gasteiger partial charge in [-0.15, -0.1) is 0 Å². The molecule has 68 valence electrons. The average molecular weight is 182 g/mol. The molecule has 0 unspecified atom stereocenters. The minimum absolute atomic E-state index is 0.0884. The predicted octanol–water partition coefficient (Wildman–Crippen LogP) is 1.88. The van der Waals surface area contributed by atoms with Crippen molar-refractivity contribution in [1.29, 1.82) is 5.26 Å². The number of nitrogens with zero attached hydrogens (tertiary/aromatic N) is 1. The van der Waals surface area contributed by atoms with Crippen LogP contribution in [0.3, 0.4) is 0 Å². The van der Waals surface area contributed by atoms with Crippen molar-refractivity contribution in [3.05, 3.63) is 35.4 Å². The summed E-state index contributed by atoms with van der Waals surface area (Å²) >= 11 is 0. The van der Waals surface area contributed by atoms with E-state index in [1.807, 2.05) is 6.07 Å². The van der Waals surface area contributed by atoms with Crippen molar-refractivity contribution in [3.8, 4) is 6.07 Å². The predicted molar refractivity (Wildman–Crippen MR) is 43.5 cm³/mol. The van der Waals surface area contributed by atoms with Crippen molar-refractivity contribution in [2.75, 3.05) is 0 Å². The van der Waals surface area contributed by atoms with Crippen LogP contribution in [0, 0.1) is 23.0 Å². The lowest BCUT2D eigenvalue weighted by atomic mass is 10.1. The van der Waals surface area contributed by atoms with Crippen LogP contribution < -0.4 is 5.73 Å². The van der Waals surface area contributed by atoms with Gasteiger partial charge < -0.3 is 5.73 Å². The number of hydrogen-bond acceptors (Lipinski definition) is 2. The molecule has 2 N–H and O–H groups in total. The van der Waals surface area contributed by atoms with Gasteiger partial charge in [0, 0.05) is 6.04 Å². The largest absolute Gasteiger partial charge is 0.323 e. The van der Waals surface area contributed by atoms with Gasteiger partial charge >= 0.3 is 0 Å². The number of nitriles is 1. The van der Waals surface area contributed by atoms with Crippen molar-refractivity contribution >= 4 is 0 Å². The fourth-order valence-electron chi connectivity index (χ4n) is 0.959. The molecule has 0 saturated carbocycles. The molecule has 0 aromatic heterocycles. The van der Waals surface area contributed by atoms with Gasteiger partial charge in [-0.25, -0.2) is 8.78 Å². The van der Waals surface area contributed by atoms with Crippen molar-refractivity contribution < 1.29 is 8.78 Å². The van der Waals surface area contributed by atoms with Crippen LogP contribution in [0.1, 0.15) is 18.0 Å². The van der Waals surface area contributed by atoms with E-state index in [4.69, 9.17) is 11.0 Å². The van der Waals surface area contributed by atoms with Crippen molar-refractivity contribution in [2.45, 2.75) is 12.5 Å². The number of hydrogen-bond donors (Lipinski definition) is 1. The van der Waals surface area contributed by atoms with Crippen molar-refractivity contribution in [2.24, 2.45) is 5.73 Å². The summed E-state index contributed by atoms with van der Waals surface area (Å²) in [7, 11) is 0. The van der Waals surface area contributed by atoms with Crippen molar-refractivity contribution in [3.63, 3.8) is 0 Å². The lowest BCUT2D eigenvalue weighted by Crippen LogP contribution is -2.09. The molecule has 0 heterocycles. The third-order valence-corrected chi connectivity index (χ3v) is 1.68. The zero-order chi connectivity index (χ0) is 9.84. The van der Waals surface area contributed by atoms with Crippen LogP contribution in [-0.4, -0.2) is 0 Å². The van der Waals surface area contributed by atoms with Gasteiger partial charge in [0.25, 0.3) is 0 Å². The smallest absolute Gasteiger partial charge is 0.159 e. The van der Waals surface area contributed by atoms with Gasteiger partial charge in [0.1, 0.15) is 0 Å². The zero-order valence-corrected chi connectivity index (χ0v) is 6.80. The first-order valence-corrected chi connectivity index (χ1v) is 3.72. The molecular formula is C9H8F2N2. The molecule has 0 fully saturated rings. The average Bonchev–Trinajstić information content (AvgIpc) is 2.10. The van der Waals surface area contributed by atoms with E-state index in [2.05, 4.69) is 0 Å². The summed E-state index contributed by atoms with van der Waals surface area (Å²) in [6.45, 7) is 0. The van der Waals surface area contributed by atoms with Gasteiger partial charge in [0.15, 0.2) is 11.6 Å². The monoisotopic (exact) mass is 182 g/mol. The third kappa shape index (κ3) is 2.23. The normalized spacial score (nSPS) is 12.2. The minimum atomic E-state index is -0.939. The maximum Gasteiger partial charge on any atom is 0.159 e. The summed E-state index contributed by atoms with van der Waals surface area (Å²) < 4.78 is 25.1. The highest BCUT2D eigenvalue weighted by atomic mass is 19.2. The quantitative estimate of drug-likeness (QED) is 0.759. The summed E-state index contributed by atoms with van der Waals surface area (Å²) in [5.41, 5.74) is 5.94. The second-order valence-electron chi connectivity index (χ2n) is 2.64. The van der Waals surface area contributed by atoms with Gasteiger partial charge in [-0.1, -0.05) is 6.07 Å². The molecule has 0 radical (unpaired) electrons. The van der Waals surface area contributed by atoms with E-state index in [0.29, 0.717) is 5.56 Å². The van der Waals surface area contributed by atoms with Gasteiger partial charge in [-0.2, -0.15) is 5.26 Å². The molecule has 0 aliphatic carbocycles. The van der Waals surface area contributed by atoms with Crippen LogP contribution in [0.5, 0.6) is 0 Å². The number of rotatable bonds is 2. The van der Waals surface area contributed by atoms with E-state index in [1.54, 1.807) is 0 Å². The molecule has 4 heteroatoms. The Morgan fingerprint density at radius 3 is 2.62 bits per heavy atom. The first-order valence-electron chi connectivity index (χ1n) is 3.72. The highest BCUT2D eigenvalue weighted by molar-refractivity contribution is 5.21. The Labute approximate surface area is 74.6 Å². The van der Waals surface area contributed by atoms with Gasteiger partial charge in [0.05, 0.1) is 12.5 Å². The number of halogens is 2. The van der Waals surface area contributed by atoms with E-state index in [9.17, 15) is 8.78 Å². The fourth-order valence-corrected chi connectivity index (χ4v) is 0.959. The van der Waals surface area contributed by atoms with Crippen LogP contribution >= 0.6 is 0 Å². The molecule has 0 bridgehead atoms. The Hall–Kier alpha value is -1.47. The molecular weight excluding hydrogens is 174 g/mol. The topological polar surface area (TPSA) is 49.8 Å². The Morgan fingerprint density at radius 1 is 1.38 bits per heavy atom. The second-order valence-corrected chi connectivity index (χ2v) is 2.64. The molecule has 2 nitrogen and oxygen atoms in total. The van der Waals surface area contributed by atoms with Gasteiger partial charge in [-0.05, 0) is 17.7 Å². The molecule has 1 rings (SSSR count). The molecule has 0 aliphatic rings. The zero-order valence-electron chi connectivity index (χ0n) is 6.80. The Kier molecular flexibility index (Phi) is 2.93.